The van der Waals surface area contributed by atoms with Crippen LogP contribution in [0.15, 0.2) is 0 Å². The Kier molecular flexibility index (Phi) is 274. The number of hydrogen-bond acceptors (Lipinski definition) is 2. The van der Waals surface area contributed by atoms with Crippen molar-refractivity contribution in [2.24, 2.45) is 0 Å². The van der Waals surface area contributed by atoms with Gasteiger partial charge in [0.25, 0.3) is 0 Å². The summed E-state index contributed by atoms with van der Waals surface area (Å²) < 4.78 is 0. The normalized spacial score (nSPS) is 1.56. The van der Waals surface area contributed by atoms with E-state index < -0.39 is 0 Å². The zero-order valence-electron chi connectivity index (χ0n) is 5.16. The molecule has 0 unspecified atom stereocenters. The van der Waals surface area contributed by atoms with E-state index in [1.807, 2.05) is 0 Å². The Hall–Kier alpha value is 0.603. The van der Waals surface area contributed by atoms with Crippen molar-refractivity contribution in [3.8, 4) is 9.94 Å². The third-order valence-electron chi connectivity index (χ3n) is 0. The summed E-state index contributed by atoms with van der Waals surface area (Å²) in [5, 5.41) is 14.5. The molecule has 0 aliphatic rings. The van der Waals surface area contributed by atoms with E-state index in [1.54, 1.807) is 9.94 Å². The molecule has 0 aromatic heterocycles. The molecular formula is C4H6N2Se2V. The van der Waals surface area contributed by atoms with Gasteiger partial charge in [0.05, 0.1) is 0 Å². The zero-order valence-corrected chi connectivity index (χ0v) is 9.98. The molecule has 5 heteroatoms. The van der Waals surface area contributed by atoms with Gasteiger partial charge in [-0.1, -0.05) is 0 Å². The van der Waals surface area contributed by atoms with E-state index in [0.717, 1.165) is 0 Å². The second kappa shape index (κ2) is 73.4. The fourth-order valence-corrected chi connectivity index (χ4v) is 0. The van der Waals surface area contributed by atoms with Crippen LogP contribution in [0.1, 0.15) is 0 Å². The van der Waals surface area contributed by atoms with Crippen LogP contribution in [0.3, 0.4) is 0 Å². The maximum absolute atomic E-state index is 7.26. The molecule has 0 spiro atoms. The summed E-state index contributed by atoms with van der Waals surface area (Å²) in [7, 11) is 0. The fourth-order valence-electron chi connectivity index (χ4n) is 0. The molecule has 49 valence electrons. The standard InChI is InChI=1S/2CNSe.2CH3.V/c2*2-1-3;;;/h;;2*1H3;/q;;2*-1;+2. The Morgan fingerprint density at radius 3 is 0.889 bits per heavy atom. The van der Waals surface area contributed by atoms with Crippen molar-refractivity contribution in [3.63, 3.8) is 0 Å². The van der Waals surface area contributed by atoms with Crippen LogP contribution in [0.5, 0.6) is 0 Å². The van der Waals surface area contributed by atoms with Gasteiger partial charge in [-0.05, 0) is 0 Å². The van der Waals surface area contributed by atoms with Gasteiger partial charge in [-0.2, -0.15) is 0 Å². The largest absolute Gasteiger partial charge is 2.00 e. The van der Waals surface area contributed by atoms with Crippen molar-refractivity contribution in [1.29, 1.82) is 10.5 Å². The van der Waals surface area contributed by atoms with Crippen LogP contribution in [-0.4, -0.2) is 32.0 Å². The van der Waals surface area contributed by atoms with Crippen molar-refractivity contribution in [3.05, 3.63) is 14.9 Å². The number of hydrogen-bond donors (Lipinski definition) is 0. The van der Waals surface area contributed by atoms with Gasteiger partial charge in [-0.25, -0.2) is 0 Å². The van der Waals surface area contributed by atoms with Crippen LogP contribution in [0, 0.1) is 35.3 Å². The van der Waals surface area contributed by atoms with Gasteiger partial charge in [0.15, 0.2) is 0 Å². The van der Waals surface area contributed by atoms with Gasteiger partial charge in [0.2, 0.25) is 0 Å². The van der Waals surface area contributed by atoms with E-state index in [1.165, 1.54) is 0 Å². The van der Waals surface area contributed by atoms with Crippen LogP contribution >= 0.6 is 0 Å². The molecule has 2 nitrogen and oxygen atoms in total. The second-order valence-electron chi connectivity index (χ2n) is 0.183. The first-order valence-electron chi connectivity index (χ1n) is 0.855. The molecule has 0 N–H and O–H groups in total. The van der Waals surface area contributed by atoms with Crippen molar-refractivity contribution < 1.29 is 18.6 Å². The minimum atomic E-state index is 0. The Morgan fingerprint density at radius 1 is 0.889 bits per heavy atom. The molecule has 0 atom stereocenters. The maximum atomic E-state index is 7.26. The predicted octanol–water partition coefficient (Wildman–Crippen LogP) is 0.170. The Morgan fingerprint density at radius 2 is 0.889 bits per heavy atom. The first-order valence-corrected chi connectivity index (χ1v) is 2.57. The second-order valence-corrected chi connectivity index (χ2v) is 0.949. The number of rotatable bonds is 0. The third kappa shape index (κ3) is 1030. The third-order valence-corrected chi connectivity index (χ3v) is 0. The molecule has 0 bridgehead atoms. The molecule has 0 saturated carbocycles. The van der Waals surface area contributed by atoms with Gasteiger partial charge in [0, 0.05) is 0 Å². The van der Waals surface area contributed by atoms with Crippen molar-refractivity contribution in [2.75, 3.05) is 0 Å². The molecule has 3 radical (unpaired) electrons. The average molecular weight is 291 g/mol. The Labute approximate surface area is 85.5 Å². The van der Waals surface area contributed by atoms with Crippen molar-refractivity contribution in [1.82, 2.24) is 0 Å². The summed E-state index contributed by atoms with van der Waals surface area (Å²) in [6.45, 7) is 0. The topological polar surface area (TPSA) is 47.6 Å². The molecule has 9 heavy (non-hydrogen) atoms. The monoisotopic (exact) mass is 293 g/mol. The van der Waals surface area contributed by atoms with Gasteiger partial charge < -0.3 is 14.9 Å². The molecule has 0 fully saturated rings. The predicted molar refractivity (Wildman–Crippen MR) is 35.6 cm³/mol. The average Bonchev–Trinajstić information content (AvgIpc) is 1.39. The summed E-state index contributed by atoms with van der Waals surface area (Å²) in [4.78, 5) is 3.25. The fraction of sp³-hybridized carbons (Fsp3) is 0. The van der Waals surface area contributed by atoms with Gasteiger partial charge >= 0.3 is 71.0 Å². The van der Waals surface area contributed by atoms with Crippen LogP contribution in [0.25, 0.3) is 0 Å². The van der Waals surface area contributed by atoms with E-state index in [0.29, 0.717) is 0 Å². The van der Waals surface area contributed by atoms with E-state index >= 15 is 0 Å². The first-order chi connectivity index (χ1) is 2.83. The Balaban J connectivity index is -0.00000000889. The molecule has 0 aromatic rings. The summed E-state index contributed by atoms with van der Waals surface area (Å²) in [6.07, 6.45) is 0. The number of nitrogens with zero attached hydrogens (tertiary/aromatic N) is 2. The van der Waals surface area contributed by atoms with Crippen LogP contribution in [0.2, 0.25) is 0 Å². The summed E-state index contributed by atoms with van der Waals surface area (Å²) in [5.41, 5.74) is 0. The Bertz CT molecular complexity index is 71.5. The smallest absolute Gasteiger partial charge is 0.358 e. The molecular weight excluding hydrogens is 285 g/mol. The van der Waals surface area contributed by atoms with Crippen molar-refractivity contribution >= 4 is 32.0 Å². The molecule has 0 aromatic carbocycles. The van der Waals surface area contributed by atoms with Crippen LogP contribution in [-0.2, 0) is 18.6 Å². The quantitative estimate of drug-likeness (QED) is 0.472. The van der Waals surface area contributed by atoms with Gasteiger partial charge in [-0.15, -0.1) is 0 Å². The summed E-state index contributed by atoms with van der Waals surface area (Å²) in [5.74, 6) is 0. The van der Waals surface area contributed by atoms with Crippen molar-refractivity contribution in [2.45, 2.75) is 0 Å². The summed E-state index contributed by atoms with van der Waals surface area (Å²) >= 11 is 4.22. The molecule has 0 amide bonds. The van der Waals surface area contributed by atoms with Gasteiger partial charge in [0.1, 0.15) is 0 Å². The van der Waals surface area contributed by atoms with E-state index in [2.05, 4.69) is 32.0 Å². The van der Waals surface area contributed by atoms with Crippen LogP contribution < -0.4 is 0 Å². The summed E-state index contributed by atoms with van der Waals surface area (Å²) in [6, 6.07) is 0. The van der Waals surface area contributed by atoms with Gasteiger partial charge in [-0.3, -0.25) is 0 Å². The number of nitriles is 2. The SMILES string of the molecule is N#C[Se].N#C[Se].[CH3-].[CH3-].[V+2]. The van der Waals surface area contributed by atoms with E-state index in [9.17, 15) is 0 Å². The molecule has 0 aliphatic carbocycles. The molecule has 0 rings (SSSR count). The van der Waals surface area contributed by atoms with E-state index in [4.69, 9.17) is 10.5 Å². The molecule has 0 aliphatic heterocycles. The minimum absolute atomic E-state index is 0. The van der Waals surface area contributed by atoms with E-state index in [-0.39, 0.29) is 33.4 Å². The van der Waals surface area contributed by atoms with Crippen LogP contribution in [0.4, 0.5) is 0 Å². The first kappa shape index (κ1) is 33.5. The zero-order chi connectivity index (χ0) is 5.41. The molecule has 0 saturated heterocycles. The maximum Gasteiger partial charge on any atom is 2.00 e. The minimum Gasteiger partial charge on any atom is -0.358 e. The molecule has 0 heterocycles.